The van der Waals surface area contributed by atoms with Crippen molar-refractivity contribution in [3.8, 4) is 0 Å². The summed E-state index contributed by atoms with van der Waals surface area (Å²) in [6.07, 6.45) is 0.374. The van der Waals surface area contributed by atoms with Crippen molar-refractivity contribution in [3.05, 3.63) is 24.3 Å². The monoisotopic (exact) mass is 223 g/mol. The number of hydrogen-bond donors (Lipinski definition) is 2. The van der Waals surface area contributed by atoms with Crippen molar-refractivity contribution in [1.29, 1.82) is 0 Å². The minimum atomic E-state index is -0.0606. The van der Waals surface area contributed by atoms with E-state index in [-0.39, 0.29) is 5.91 Å². The van der Waals surface area contributed by atoms with E-state index in [1.54, 1.807) is 43.5 Å². The van der Waals surface area contributed by atoms with E-state index in [0.29, 0.717) is 24.3 Å². The minimum Gasteiger partial charge on any atom is -0.399 e. The number of benzene rings is 1. The van der Waals surface area contributed by atoms with Crippen molar-refractivity contribution in [2.45, 2.75) is 6.42 Å². The molecule has 0 atom stereocenters. The van der Waals surface area contributed by atoms with Crippen LogP contribution in [0.5, 0.6) is 0 Å². The number of nitrogen functional groups attached to an aromatic ring is 1. The average molecular weight is 223 g/mol. The van der Waals surface area contributed by atoms with Gasteiger partial charge in [0.05, 0.1) is 7.11 Å². The van der Waals surface area contributed by atoms with Gasteiger partial charge in [-0.1, -0.05) is 6.07 Å². The summed E-state index contributed by atoms with van der Waals surface area (Å²) < 4.78 is 0. The van der Waals surface area contributed by atoms with Gasteiger partial charge in [-0.15, -0.1) is 0 Å². The third kappa shape index (κ3) is 4.29. The second-order valence-corrected chi connectivity index (χ2v) is 3.46. The van der Waals surface area contributed by atoms with Crippen LogP contribution in [0.15, 0.2) is 24.3 Å². The van der Waals surface area contributed by atoms with Crippen LogP contribution in [-0.2, 0) is 9.63 Å². The lowest BCUT2D eigenvalue weighted by Crippen LogP contribution is -2.23. The zero-order valence-electron chi connectivity index (χ0n) is 9.56. The van der Waals surface area contributed by atoms with Crippen LogP contribution in [0.1, 0.15) is 6.42 Å². The van der Waals surface area contributed by atoms with Crippen LogP contribution in [0.3, 0.4) is 0 Å². The Labute approximate surface area is 95.1 Å². The van der Waals surface area contributed by atoms with Crippen LogP contribution < -0.4 is 11.1 Å². The van der Waals surface area contributed by atoms with E-state index in [1.807, 2.05) is 0 Å². The summed E-state index contributed by atoms with van der Waals surface area (Å²) in [5.41, 5.74) is 6.94. The molecule has 5 heteroatoms. The molecule has 1 aromatic rings. The van der Waals surface area contributed by atoms with E-state index in [9.17, 15) is 4.79 Å². The zero-order chi connectivity index (χ0) is 12.0. The van der Waals surface area contributed by atoms with Crippen molar-refractivity contribution in [1.82, 2.24) is 5.06 Å². The molecule has 5 nitrogen and oxygen atoms in total. The second-order valence-electron chi connectivity index (χ2n) is 3.46. The number of hydrogen-bond acceptors (Lipinski definition) is 4. The molecule has 1 amide bonds. The Bertz CT molecular complexity index is 355. The predicted molar refractivity (Wildman–Crippen MR) is 63.7 cm³/mol. The molecule has 0 radical (unpaired) electrons. The molecule has 1 aromatic carbocycles. The summed E-state index contributed by atoms with van der Waals surface area (Å²) >= 11 is 0. The van der Waals surface area contributed by atoms with E-state index in [1.165, 1.54) is 0 Å². The molecule has 0 fully saturated rings. The number of carbonyl (C=O) groups excluding carboxylic acids is 1. The van der Waals surface area contributed by atoms with Gasteiger partial charge in [-0.2, -0.15) is 5.06 Å². The highest BCUT2D eigenvalue weighted by molar-refractivity contribution is 5.91. The van der Waals surface area contributed by atoms with Gasteiger partial charge in [-0.3, -0.25) is 4.79 Å². The molecule has 16 heavy (non-hydrogen) atoms. The van der Waals surface area contributed by atoms with Crippen molar-refractivity contribution in [2.75, 3.05) is 31.8 Å². The van der Waals surface area contributed by atoms with E-state index in [0.717, 1.165) is 0 Å². The van der Waals surface area contributed by atoms with E-state index >= 15 is 0 Å². The Balaban J connectivity index is 2.40. The molecule has 1 rings (SSSR count). The smallest absolute Gasteiger partial charge is 0.225 e. The van der Waals surface area contributed by atoms with Gasteiger partial charge in [0.1, 0.15) is 0 Å². The topological polar surface area (TPSA) is 67.6 Å². The molecular formula is C11H17N3O2. The molecule has 0 saturated carbocycles. The fourth-order valence-electron chi connectivity index (χ4n) is 1.19. The first-order valence-electron chi connectivity index (χ1n) is 5.02. The molecule has 0 unspecified atom stereocenters. The van der Waals surface area contributed by atoms with Gasteiger partial charge in [0.25, 0.3) is 0 Å². The van der Waals surface area contributed by atoms with Crippen LogP contribution in [0, 0.1) is 0 Å². The number of nitrogens with two attached hydrogens (primary N) is 1. The van der Waals surface area contributed by atoms with Crippen LogP contribution >= 0.6 is 0 Å². The Kier molecular flexibility index (Phi) is 4.75. The molecule has 0 saturated heterocycles. The number of rotatable bonds is 5. The lowest BCUT2D eigenvalue weighted by Gasteiger charge is -2.12. The van der Waals surface area contributed by atoms with Gasteiger partial charge >= 0.3 is 0 Å². The molecular weight excluding hydrogens is 206 g/mol. The van der Waals surface area contributed by atoms with Crippen LogP contribution in [-0.4, -0.2) is 31.7 Å². The maximum atomic E-state index is 11.5. The van der Waals surface area contributed by atoms with Gasteiger partial charge in [0, 0.05) is 31.4 Å². The van der Waals surface area contributed by atoms with Crippen LogP contribution in [0.4, 0.5) is 11.4 Å². The van der Waals surface area contributed by atoms with Crippen LogP contribution in [0.2, 0.25) is 0 Å². The highest BCUT2D eigenvalue weighted by atomic mass is 16.7. The first kappa shape index (κ1) is 12.5. The van der Waals surface area contributed by atoms with Gasteiger partial charge in [0.15, 0.2) is 0 Å². The fourth-order valence-corrected chi connectivity index (χ4v) is 1.19. The zero-order valence-corrected chi connectivity index (χ0v) is 9.56. The molecule has 88 valence electrons. The summed E-state index contributed by atoms with van der Waals surface area (Å²) in [6, 6.07) is 7.09. The van der Waals surface area contributed by atoms with Crippen molar-refractivity contribution < 1.29 is 9.63 Å². The maximum Gasteiger partial charge on any atom is 0.225 e. The van der Waals surface area contributed by atoms with Gasteiger partial charge in [-0.05, 0) is 18.2 Å². The Morgan fingerprint density at radius 2 is 2.31 bits per heavy atom. The SMILES string of the molecule is CON(C)CCC(=O)Nc1cccc(N)c1. The third-order valence-electron chi connectivity index (χ3n) is 2.14. The van der Waals surface area contributed by atoms with E-state index in [2.05, 4.69) is 5.32 Å². The Hall–Kier alpha value is -1.59. The molecule has 0 aromatic heterocycles. The summed E-state index contributed by atoms with van der Waals surface area (Å²) in [5, 5.41) is 4.36. The fraction of sp³-hybridized carbons (Fsp3) is 0.364. The molecule has 0 bridgehead atoms. The Morgan fingerprint density at radius 3 is 2.94 bits per heavy atom. The summed E-state index contributed by atoms with van der Waals surface area (Å²) in [4.78, 5) is 16.4. The Morgan fingerprint density at radius 1 is 1.56 bits per heavy atom. The van der Waals surface area contributed by atoms with Crippen molar-refractivity contribution >= 4 is 17.3 Å². The largest absolute Gasteiger partial charge is 0.399 e. The van der Waals surface area contributed by atoms with Gasteiger partial charge in [-0.25, -0.2) is 0 Å². The van der Waals surface area contributed by atoms with E-state index < -0.39 is 0 Å². The molecule has 0 aliphatic carbocycles. The average Bonchev–Trinajstić information content (AvgIpc) is 2.26. The maximum absolute atomic E-state index is 11.5. The van der Waals surface area contributed by atoms with Gasteiger partial charge < -0.3 is 15.9 Å². The minimum absolute atomic E-state index is 0.0606. The number of nitrogens with zero attached hydrogens (tertiary/aromatic N) is 1. The number of amides is 1. The number of nitrogens with one attached hydrogen (secondary N) is 1. The molecule has 0 aliphatic heterocycles. The standard InChI is InChI=1S/C11H17N3O2/c1-14(16-2)7-6-11(15)13-10-5-3-4-9(12)8-10/h3-5,8H,6-7,12H2,1-2H3,(H,13,15). The summed E-state index contributed by atoms with van der Waals surface area (Å²) in [5.74, 6) is -0.0606. The number of hydroxylamine groups is 2. The number of anilines is 2. The third-order valence-corrected chi connectivity index (χ3v) is 2.14. The van der Waals surface area contributed by atoms with Crippen molar-refractivity contribution in [3.63, 3.8) is 0 Å². The molecule has 0 spiro atoms. The normalized spacial score (nSPS) is 10.4. The summed E-state index contributed by atoms with van der Waals surface area (Å²) in [6.45, 7) is 0.546. The highest BCUT2D eigenvalue weighted by Crippen LogP contribution is 2.11. The second kappa shape index (κ2) is 6.09. The highest BCUT2D eigenvalue weighted by Gasteiger charge is 2.04. The lowest BCUT2D eigenvalue weighted by molar-refractivity contribution is -0.126. The molecule has 0 aliphatic rings. The number of carbonyl (C=O) groups is 1. The lowest BCUT2D eigenvalue weighted by atomic mass is 10.2. The van der Waals surface area contributed by atoms with Crippen molar-refractivity contribution in [2.24, 2.45) is 0 Å². The van der Waals surface area contributed by atoms with Crippen LogP contribution in [0.25, 0.3) is 0 Å². The molecule has 3 N–H and O–H groups in total. The molecule has 0 heterocycles. The predicted octanol–water partition coefficient (Wildman–Crippen LogP) is 1.09. The first-order chi connectivity index (χ1) is 7.61. The quantitative estimate of drug-likeness (QED) is 0.579. The first-order valence-corrected chi connectivity index (χ1v) is 5.02. The summed E-state index contributed by atoms with van der Waals surface area (Å²) in [7, 11) is 3.34. The van der Waals surface area contributed by atoms with E-state index in [4.69, 9.17) is 10.6 Å². The van der Waals surface area contributed by atoms with Gasteiger partial charge in [0.2, 0.25) is 5.91 Å².